The Morgan fingerprint density at radius 1 is 0.207 bits per heavy atom. The monoisotopic (exact) mass is 1170 g/mol. The molecule has 0 atom stereocenters. The molecular formula is C90H64N2. The summed E-state index contributed by atoms with van der Waals surface area (Å²) in [7, 11) is 0. The van der Waals surface area contributed by atoms with Crippen molar-refractivity contribution in [2.75, 3.05) is 0 Å². The third-order valence-electron chi connectivity index (χ3n) is 22.4. The Morgan fingerprint density at radius 2 is 0.489 bits per heavy atom. The van der Waals surface area contributed by atoms with E-state index in [2.05, 4.69) is 300 Å². The van der Waals surface area contributed by atoms with Crippen molar-refractivity contribution in [2.45, 2.75) is 62.2 Å². The van der Waals surface area contributed by atoms with Crippen molar-refractivity contribution in [1.29, 1.82) is 0 Å². The van der Waals surface area contributed by atoms with Crippen molar-refractivity contribution in [2.24, 2.45) is 0 Å². The second-order valence-electron chi connectivity index (χ2n) is 27.0. The van der Waals surface area contributed by atoms with E-state index < -0.39 is 0 Å². The normalized spacial score (nSPS) is 15.0. The van der Waals surface area contributed by atoms with Gasteiger partial charge in [0, 0.05) is 43.7 Å². The minimum absolute atomic E-state index is 0.0283. The van der Waals surface area contributed by atoms with Gasteiger partial charge in [0.15, 0.2) is 0 Å². The summed E-state index contributed by atoms with van der Waals surface area (Å²) in [6.45, 7) is 0. The molecule has 20 rings (SSSR count). The highest BCUT2D eigenvalue weighted by Crippen LogP contribution is 2.60. The Labute approximate surface area is 535 Å². The first kappa shape index (κ1) is 52.0. The lowest BCUT2D eigenvalue weighted by Crippen LogP contribution is -2.21. The molecule has 0 saturated heterocycles. The van der Waals surface area contributed by atoms with E-state index in [9.17, 15) is 0 Å². The molecule has 0 aliphatic heterocycles. The third kappa shape index (κ3) is 7.68. The van der Waals surface area contributed by atoms with Crippen molar-refractivity contribution in [3.8, 4) is 89.3 Å². The van der Waals surface area contributed by atoms with Crippen LogP contribution in [-0.2, 0) is 10.8 Å². The van der Waals surface area contributed by atoms with Gasteiger partial charge in [-0.3, -0.25) is 0 Å². The summed E-state index contributed by atoms with van der Waals surface area (Å²) in [5, 5.41) is 10.1. The molecule has 2 heteroatoms. The molecule has 14 aromatic carbocycles. The molecule has 4 aliphatic rings. The highest BCUT2D eigenvalue weighted by Gasteiger charge is 2.47. The molecule has 2 spiro atoms. The van der Waals surface area contributed by atoms with Crippen LogP contribution in [-0.4, -0.2) is 9.13 Å². The van der Waals surface area contributed by atoms with E-state index in [-0.39, 0.29) is 10.8 Å². The Morgan fingerprint density at radius 3 is 0.859 bits per heavy atom. The summed E-state index contributed by atoms with van der Waals surface area (Å²) in [5.74, 6) is 0. The zero-order chi connectivity index (χ0) is 60.2. The summed E-state index contributed by atoms with van der Waals surface area (Å²) >= 11 is 0. The van der Waals surface area contributed by atoms with Crippen LogP contribution in [0.4, 0.5) is 0 Å². The molecular weight excluding hydrogens is 1110 g/mol. The number of benzene rings is 14. The third-order valence-corrected chi connectivity index (χ3v) is 22.4. The summed E-state index contributed by atoms with van der Waals surface area (Å²) < 4.78 is 4.85. The fourth-order valence-electron chi connectivity index (χ4n) is 17.9. The first-order valence-corrected chi connectivity index (χ1v) is 33.4. The van der Waals surface area contributed by atoms with E-state index in [1.807, 2.05) is 0 Å². The molecule has 4 aliphatic carbocycles. The molecule has 2 fully saturated rings. The molecule has 0 unspecified atom stereocenters. The fraction of sp³-hybridized carbons (Fsp3) is 0.111. The maximum absolute atomic E-state index is 2.61. The molecule has 2 saturated carbocycles. The Hall–Kier alpha value is -10.8. The van der Waals surface area contributed by atoms with Crippen LogP contribution in [0.2, 0.25) is 0 Å². The Balaban J connectivity index is 0.584. The summed E-state index contributed by atoms with van der Waals surface area (Å²) in [4.78, 5) is 0. The smallest absolute Gasteiger partial charge is 0.0541 e. The maximum Gasteiger partial charge on any atom is 0.0541 e. The van der Waals surface area contributed by atoms with E-state index >= 15 is 0 Å². The first-order valence-electron chi connectivity index (χ1n) is 33.4. The van der Waals surface area contributed by atoms with Gasteiger partial charge in [-0.25, -0.2) is 0 Å². The van der Waals surface area contributed by atoms with Crippen LogP contribution in [0.25, 0.3) is 154 Å². The first-order chi connectivity index (χ1) is 45.5. The summed E-state index contributed by atoms with van der Waals surface area (Å²) in [5.41, 5.74) is 31.9. The molecule has 0 bridgehead atoms. The number of hydrogen-bond acceptors (Lipinski definition) is 0. The molecule has 2 aromatic heterocycles. The van der Waals surface area contributed by atoms with Crippen LogP contribution >= 0.6 is 0 Å². The zero-order valence-electron chi connectivity index (χ0n) is 51.3. The molecule has 2 nitrogen and oxygen atoms in total. The Bertz CT molecular complexity index is 5400. The standard InChI is InChI=1S/C90H64N2/c1-3-15-63-49-71(37-29-57(63)13-1)91-85-19-7-5-17-77(85)79-51-65(35-43-87(79)91)59-21-25-61(26-22-59)67-31-39-73-75-41-33-69(55-83(75)89(81(73)53-67)45-9-10-46-89)70-34-42-76-74-40-32-68(54-82(74)90(84(76)56-70)47-11-12-48-90)62-27-23-60(24-28-62)66-36-44-88-80(52-66)78-18-6-8-20-86(78)92(88)72-38-30-58-14-2-4-16-64(58)50-72/h1-8,13-44,49-56H,9-12,45-48H2. The summed E-state index contributed by atoms with van der Waals surface area (Å²) in [6, 6.07) is 111. The number of hydrogen-bond donors (Lipinski definition) is 0. The largest absolute Gasteiger partial charge is 0.309 e. The van der Waals surface area contributed by atoms with E-state index in [4.69, 9.17) is 0 Å². The average Bonchev–Trinajstić information content (AvgIpc) is 1.65. The van der Waals surface area contributed by atoms with Gasteiger partial charge >= 0.3 is 0 Å². The molecule has 16 aromatic rings. The van der Waals surface area contributed by atoms with Crippen molar-refractivity contribution < 1.29 is 0 Å². The summed E-state index contributed by atoms with van der Waals surface area (Å²) in [6.07, 6.45) is 9.82. The van der Waals surface area contributed by atoms with Crippen molar-refractivity contribution >= 4 is 65.2 Å². The minimum Gasteiger partial charge on any atom is -0.309 e. The Kier molecular flexibility index (Phi) is 11.2. The molecule has 434 valence electrons. The van der Waals surface area contributed by atoms with Crippen molar-refractivity contribution in [3.05, 3.63) is 313 Å². The lowest BCUT2D eigenvalue weighted by Gasteiger charge is -2.28. The van der Waals surface area contributed by atoms with Crippen LogP contribution in [0, 0.1) is 0 Å². The number of nitrogens with zero attached hydrogens (tertiary/aromatic N) is 2. The van der Waals surface area contributed by atoms with E-state index in [0.29, 0.717) is 0 Å². The second kappa shape index (κ2) is 19.8. The lowest BCUT2D eigenvalue weighted by atomic mass is 9.75. The van der Waals surface area contributed by atoms with Gasteiger partial charge in [0.25, 0.3) is 0 Å². The van der Waals surface area contributed by atoms with E-state index in [1.165, 1.54) is 228 Å². The number of fused-ring (bicyclic) bond motifs is 18. The highest BCUT2D eigenvalue weighted by molar-refractivity contribution is 6.12. The van der Waals surface area contributed by atoms with E-state index in [1.54, 1.807) is 0 Å². The van der Waals surface area contributed by atoms with Gasteiger partial charge < -0.3 is 9.13 Å². The quantitative estimate of drug-likeness (QED) is 0.151. The predicted molar refractivity (Wildman–Crippen MR) is 387 cm³/mol. The highest BCUT2D eigenvalue weighted by atomic mass is 15.0. The SMILES string of the molecule is c1ccc2cc(-n3c4ccccc4c4cc(-c5ccc(-c6ccc7c(c6)C6(CCCC6)c6cc(-c8ccc9c(c8)C8(CCCC8)c8cc(-c%10ccc(-c%11ccc%12c(c%11)c%11ccccc%11n%12-c%11ccc%12ccccc%12c%11)cc%10)ccc8-9)ccc6-7)cc5)ccc43)ccc2c1. The number of para-hydroxylation sites is 2. The lowest BCUT2D eigenvalue weighted by molar-refractivity contribution is 0.549. The minimum atomic E-state index is 0.0283. The van der Waals surface area contributed by atoms with Gasteiger partial charge in [-0.05, 0) is 232 Å². The maximum atomic E-state index is 2.61. The van der Waals surface area contributed by atoms with Gasteiger partial charge in [-0.2, -0.15) is 0 Å². The van der Waals surface area contributed by atoms with Crippen LogP contribution in [0.3, 0.4) is 0 Å². The van der Waals surface area contributed by atoms with Crippen LogP contribution in [0.5, 0.6) is 0 Å². The average molecular weight is 1170 g/mol. The van der Waals surface area contributed by atoms with Crippen molar-refractivity contribution in [1.82, 2.24) is 9.13 Å². The van der Waals surface area contributed by atoms with Gasteiger partial charge in [-0.15, -0.1) is 0 Å². The van der Waals surface area contributed by atoms with Gasteiger partial charge in [-0.1, -0.05) is 232 Å². The molecule has 2 heterocycles. The van der Waals surface area contributed by atoms with Gasteiger partial charge in [0.2, 0.25) is 0 Å². The number of aromatic nitrogens is 2. The molecule has 0 radical (unpaired) electrons. The fourth-order valence-corrected chi connectivity index (χ4v) is 17.9. The van der Waals surface area contributed by atoms with Gasteiger partial charge in [0.05, 0.1) is 22.1 Å². The molecule has 92 heavy (non-hydrogen) atoms. The molecule has 0 amide bonds. The van der Waals surface area contributed by atoms with Crippen molar-refractivity contribution in [3.63, 3.8) is 0 Å². The second-order valence-corrected chi connectivity index (χ2v) is 27.0. The zero-order valence-corrected chi connectivity index (χ0v) is 51.3. The van der Waals surface area contributed by atoms with Gasteiger partial charge in [0.1, 0.15) is 0 Å². The van der Waals surface area contributed by atoms with Crippen LogP contribution in [0.1, 0.15) is 73.6 Å². The van der Waals surface area contributed by atoms with E-state index in [0.717, 1.165) is 0 Å². The predicted octanol–water partition coefficient (Wildman–Crippen LogP) is 24.2. The van der Waals surface area contributed by atoms with Crippen LogP contribution < -0.4 is 0 Å². The molecule has 0 N–H and O–H groups in total. The topological polar surface area (TPSA) is 9.86 Å². The van der Waals surface area contributed by atoms with Crippen LogP contribution in [0.15, 0.2) is 291 Å². The number of rotatable bonds is 7.